The van der Waals surface area contributed by atoms with E-state index >= 15 is 0 Å². The number of nitrogens with one attached hydrogen (secondary N) is 1. The van der Waals surface area contributed by atoms with Crippen LogP contribution in [0.15, 0.2) is 24.3 Å². The summed E-state index contributed by atoms with van der Waals surface area (Å²) in [4.78, 5) is 19.3. The van der Waals surface area contributed by atoms with Crippen molar-refractivity contribution >= 4 is 27.8 Å². The van der Waals surface area contributed by atoms with Gasteiger partial charge in [-0.15, -0.1) is 6.42 Å². The number of aromatic hydroxyl groups is 1. The first-order chi connectivity index (χ1) is 23.9. The van der Waals surface area contributed by atoms with Crippen molar-refractivity contribution in [1.29, 1.82) is 0 Å². The highest BCUT2D eigenvalue weighted by Gasteiger charge is 2.49. The number of anilines is 1. The van der Waals surface area contributed by atoms with Crippen molar-refractivity contribution in [3.63, 3.8) is 0 Å². The first-order valence-electron chi connectivity index (χ1n) is 17.4. The number of terminal acetylenes is 1. The van der Waals surface area contributed by atoms with Crippen molar-refractivity contribution in [3.8, 4) is 35.9 Å². The number of ether oxygens (including phenoxy) is 3. The molecule has 2 aromatic carbocycles. The molecule has 0 aliphatic carbocycles. The largest absolute Gasteiger partial charge is 0.508 e. The van der Waals surface area contributed by atoms with E-state index in [1.165, 1.54) is 18.2 Å². The Balaban J connectivity index is 1.19. The highest BCUT2D eigenvalue weighted by atomic mass is 19.1. The van der Waals surface area contributed by atoms with Gasteiger partial charge in [-0.3, -0.25) is 9.47 Å². The second-order valence-corrected chi connectivity index (χ2v) is 14.3. The minimum Gasteiger partial charge on any atom is -0.508 e. The van der Waals surface area contributed by atoms with Gasteiger partial charge in [-0.1, -0.05) is 12.0 Å². The zero-order chi connectivity index (χ0) is 33.3. The number of imidazole rings is 1. The number of alkyl halides is 1. The summed E-state index contributed by atoms with van der Waals surface area (Å²) in [6.07, 6.45) is 11.0. The van der Waals surface area contributed by atoms with E-state index < -0.39 is 12.0 Å². The molecular weight excluding hydrogens is 632 g/mol. The molecule has 5 fully saturated rings. The summed E-state index contributed by atoms with van der Waals surface area (Å²) in [6, 6.07) is 6.68. The predicted octanol–water partition coefficient (Wildman–Crippen LogP) is 4.85. The van der Waals surface area contributed by atoms with Crippen molar-refractivity contribution in [3.05, 3.63) is 35.6 Å². The van der Waals surface area contributed by atoms with Crippen LogP contribution in [0.5, 0.6) is 23.5 Å². The lowest BCUT2D eigenvalue weighted by Gasteiger charge is -2.35. The summed E-state index contributed by atoms with van der Waals surface area (Å²) < 4.78 is 50.5. The molecule has 3 unspecified atom stereocenters. The second-order valence-electron chi connectivity index (χ2n) is 14.3. The SMILES string of the molecule is C#Cc1c(F)ccc2cc(O)cc(Oc3nc4nc(OC[C@@]56CCCN5C[C@H](F)C6)nc(N5CC6CCC(C5)N6)c4n3C3CCCOC3)c12. The summed E-state index contributed by atoms with van der Waals surface area (Å²) in [5.41, 5.74) is 0.748. The van der Waals surface area contributed by atoms with Crippen LogP contribution in [0.3, 0.4) is 0 Å². The number of aromatic nitrogens is 4. The fourth-order valence-corrected chi connectivity index (χ4v) is 8.89. The molecule has 2 N–H and O–H groups in total. The summed E-state index contributed by atoms with van der Waals surface area (Å²) in [6.45, 7) is 4.19. The molecule has 0 amide bonds. The van der Waals surface area contributed by atoms with E-state index in [9.17, 15) is 13.9 Å². The molecule has 11 nitrogen and oxygen atoms in total. The normalized spacial score (nSPS) is 28.3. The summed E-state index contributed by atoms with van der Waals surface area (Å²) in [7, 11) is 0. The Hall–Kier alpha value is -4.25. The van der Waals surface area contributed by atoms with Crippen molar-refractivity contribution in [2.24, 2.45) is 0 Å². The Morgan fingerprint density at radius 3 is 2.76 bits per heavy atom. The van der Waals surface area contributed by atoms with Gasteiger partial charge in [0.2, 0.25) is 0 Å². The van der Waals surface area contributed by atoms with Gasteiger partial charge in [0.25, 0.3) is 0 Å². The van der Waals surface area contributed by atoms with Crippen molar-refractivity contribution in [1.82, 2.24) is 29.7 Å². The highest BCUT2D eigenvalue weighted by Crippen LogP contribution is 2.43. The molecule has 49 heavy (non-hydrogen) atoms. The molecule has 7 heterocycles. The lowest BCUT2D eigenvalue weighted by molar-refractivity contribution is 0.0583. The average molecular weight is 672 g/mol. The molecule has 2 bridgehead atoms. The number of benzene rings is 2. The van der Waals surface area contributed by atoms with Crippen LogP contribution in [0.2, 0.25) is 0 Å². The minimum atomic E-state index is -0.871. The molecular formula is C36H39F2N7O4. The van der Waals surface area contributed by atoms with E-state index in [-0.39, 0.29) is 40.7 Å². The number of nitrogens with zero attached hydrogens (tertiary/aromatic N) is 6. The van der Waals surface area contributed by atoms with Gasteiger partial charge in [-0.05, 0) is 62.6 Å². The Kier molecular flexibility index (Phi) is 7.52. The number of rotatable bonds is 7. The Morgan fingerprint density at radius 1 is 1.10 bits per heavy atom. The molecule has 5 aliphatic rings. The van der Waals surface area contributed by atoms with E-state index in [1.54, 1.807) is 6.07 Å². The van der Waals surface area contributed by atoms with Crippen LogP contribution in [0.25, 0.3) is 21.9 Å². The maximum absolute atomic E-state index is 15.0. The van der Waals surface area contributed by atoms with Crippen molar-refractivity contribution in [2.75, 3.05) is 50.9 Å². The summed E-state index contributed by atoms with van der Waals surface area (Å²) >= 11 is 0. The van der Waals surface area contributed by atoms with E-state index in [1.807, 2.05) is 4.57 Å². The summed E-state index contributed by atoms with van der Waals surface area (Å²) in [5, 5.41) is 15.3. The molecule has 0 radical (unpaired) electrons. The molecule has 5 atom stereocenters. The van der Waals surface area contributed by atoms with Crippen LogP contribution in [0.1, 0.15) is 56.6 Å². The molecule has 256 valence electrons. The first-order valence-corrected chi connectivity index (χ1v) is 17.4. The van der Waals surface area contributed by atoms with Gasteiger partial charge < -0.3 is 29.5 Å². The van der Waals surface area contributed by atoms with Crippen LogP contribution in [0.4, 0.5) is 14.6 Å². The lowest BCUT2D eigenvalue weighted by Crippen LogP contribution is -2.51. The molecule has 0 saturated carbocycles. The number of phenols is 1. The lowest BCUT2D eigenvalue weighted by atomic mass is 9.95. The Labute approximate surface area is 282 Å². The van der Waals surface area contributed by atoms with Crippen LogP contribution in [-0.2, 0) is 4.74 Å². The van der Waals surface area contributed by atoms with Gasteiger partial charge in [0, 0.05) is 56.2 Å². The van der Waals surface area contributed by atoms with E-state index in [0.717, 1.165) is 58.2 Å². The predicted molar refractivity (Wildman–Crippen MR) is 179 cm³/mol. The second kappa shape index (κ2) is 12.0. The van der Waals surface area contributed by atoms with Gasteiger partial charge in [-0.25, -0.2) is 8.78 Å². The zero-order valence-corrected chi connectivity index (χ0v) is 27.2. The van der Waals surface area contributed by atoms with Gasteiger partial charge in [0.1, 0.15) is 35.6 Å². The zero-order valence-electron chi connectivity index (χ0n) is 27.2. The average Bonchev–Trinajstić information content (AvgIpc) is 3.84. The standard InChI is InChI=1S/C36H39F2N7O4/c1-2-27-28(38)9-6-21-13-26(46)14-29(30(21)27)49-35-41-32-31(45(35)25-5-3-12-47-19-25)33(43-17-23-7-8-24(18-43)39-23)42-34(40-32)48-20-36-10-4-11-44(36)16-22(37)15-36/h1,6,9,13-14,22-25,39,46H,3-5,7-8,10-12,15-20H2/t22-,23?,24?,25?,36+/m1/s1. The third-order valence-corrected chi connectivity index (χ3v) is 11.1. The van der Waals surface area contributed by atoms with Crippen molar-refractivity contribution < 1.29 is 28.1 Å². The number of piperazine rings is 1. The van der Waals surface area contributed by atoms with Crippen LogP contribution < -0.4 is 19.7 Å². The van der Waals surface area contributed by atoms with Crippen LogP contribution in [-0.4, -0.2) is 99.3 Å². The molecule has 13 heteroatoms. The smallest absolute Gasteiger partial charge is 0.320 e. The van der Waals surface area contributed by atoms with Gasteiger partial charge in [-0.2, -0.15) is 15.0 Å². The van der Waals surface area contributed by atoms with Gasteiger partial charge in [0.05, 0.1) is 23.8 Å². The van der Waals surface area contributed by atoms with E-state index in [0.29, 0.717) is 72.6 Å². The first kappa shape index (κ1) is 30.8. The fourth-order valence-electron chi connectivity index (χ4n) is 8.89. The number of hydrogen-bond donors (Lipinski definition) is 2. The van der Waals surface area contributed by atoms with Crippen LogP contribution >= 0.6 is 0 Å². The fraction of sp³-hybridized carbons (Fsp3) is 0.528. The number of hydrogen-bond acceptors (Lipinski definition) is 10. The molecule has 9 rings (SSSR count). The van der Waals surface area contributed by atoms with Gasteiger partial charge >= 0.3 is 12.0 Å². The Morgan fingerprint density at radius 2 is 1.96 bits per heavy atom. The topological polar surface area (TPSA) is 110 Å². The molecule has 5 aliphatic heterocycles. The molecule has 4 aromatic rings. The number of phenolic OH excluding ortho intramolecular Hbond substituents is 1. The monoisotopic (exact) mass is 671 g/mol. The van der Waals surface area contributed by atoms with Gasteiger partial charge in [0.15, 0.2) is 11.5 Å². The summed E-state index contributed by atoms with van der Waals surface area (Å²) in [5.74, 6) is 2.69. The Bertz CT molecular complexity index is 1960. The molecule has 0 spiro atoms. The van der Waals surface area contributed by atoms with E-state index in [4.69, 9.17) is 35.6 Å². The minimum absolute atomic E-state index is 0.0337. The van der Waals surface area contributed by atoms with E-state index in [2.05, 4.69) is 21.0 Å². The third kappa shape index (κ3) is 5.32. The van der Waals surface area contributed by atoms with Crippen molar-refractivity contribution in [2.45, 2.75) is 74.8 Å². The third-order valence-electron chi connectivity index (χ3n) is 11.1. The maximum atomic E-state index is 15.0. The number of halogens is 2. The molecule has 2 aromatic heterocycles. The quantitative estimate of drug-likeness (QED) is 0.265. The maximum Gasteiger partial charge on any atom is 0.320 e. The van der Waals surface area contributed by atoms with Crippen LogP contribution in [0, 0.1) is 18.2 Å². The highest BCUT2D eigenvalue weighted by molar-refractivity contribution is 5.95. The molecule has 5 saturated heterocycles. The number of fused-ring (bicyclic) bond motifs is 5.